The van der Waals surface area contributed by atoms with E-state index >= 15 is 0 Å². The third-order valence-electron chi connectivity index (χ3n) is 3.15. The fourth-order valence-electron chi connectivity index (χ4n) is 1.93. The monoisotopic (exact) mass is 358 g/mol. The van der Waals surface area contributed by atoms with Gasteiger partial charge in [-0.2, -0.15) is 0 Å². The third kappa shape index (κ3) is 6.32. The van der Waals surface area contributed by atoms with Gasteiger partial charge >= 0.3 is 17.9 Å². The molecule has 3 atom stereocenters. The average Bonchev–Trinajstić information content (AvgIpc) is 2.49. The van der Waals surface area contributed by atoms with Crippen LogP contribution in [0, 0.1) is 0 Å². The Labute approximate surface area is 140 Å². The summed E-state index contributed by atoms with van der Waals surface area (Å²) >= 11 is 0. The zero-order valence-electron chi connectivity index (χ0n) is 12.8. The highest BCUT2D eigenvalue weighted by Crippen LogP contribution is 2.16. The highest BCUT2D eigenvalue weighted by molar-refractivity contribution is 7.84. The Morgan fingerprint density at radius 3 is 2.58 bits per heavy atom. The van der Waals surface area contributed by atoms with E-state index in [0.717, 1.165) is 0 Å². The first-order valence-electron chi connectivity index (χ1n) is 6.90. The molecule has 1 rings (SSSR count). The lowest BCUT2D eigenvalue weighted by atomic mass is 10.00. The van der Waals surface area contributed by atoms with Crippen LogP contribution in [0.15, 0.2) is 28.4 Å². The lowest BCUT2D eigenvalue weighted by molar-refractivity contribution is -0.140. The molecule has 0 aromatic carbocycles. The van der Waals surface area contributed by atoms with Crippen molar-refractivity contribution < 1.29 is 33.9 Å². The summed E-state index contributed by atoms with van der Waals surface area (Å²) in [5.41, 5.74) is 0.134. The highest BCUT2D eigenvalue weighted by Gasteiger charge is 2.26. The molecule has 0 fully saturated rings. The largest absolute Gasteiger partial charge is 0.480 e. The quantitative estimate of drug-likeness (QED) is 0.428. The summed E-state index contributed by atoms with van der Waals surface area (Å²) in [6.07, 6.45) is 5.45. The van der Waals surface area contributed by atoms with Crippen LogP contribution in [-0.2, 0) is 25.2 Å². The van der Waals surface area contributed by atoms with Gasteiger partial charge in [-0.05, 0) is 24.1 Å². The van der Waals surface area contributed by atoms with E-state index in [0.29, 0.717) is 5.57 Å². The van der Waals surface area contributed by atoms with Crippen molar-refractivity contribution in [2.24, 2.45) is 4.99 Å². The van der Waals surface area contributed by atoms with Crippen molar-refractivity contribution in [2.75, 3.05) is 12.0 Å². The van der Waals surface area contributed by atoms with E-state index < -0.39 is 40.8 Å². The van der Waals surface area contributed by atoms with Crippen LogP contribution in [0.25, 0.3) is 0 Å². The summed E-state index contributed by atoms with van der Waals surface area (Å²) < 4.78 is 11.0. The maximum Gasteiger partial charge on any atom is 0.351 e. The van der Waals surface area contributed by atoms with Crippen molar-refractivity contribution in [3.8, 4) is 0 Å². The summed E-state index contributed by atoms with van der Waals surface area (Å²) in [5, 5.41) is 29.4. The van der Waals surface area contributed by atoms with Crippen LogP contribution in [-0.4, -0.2) is 67.7 Å². The van der Waals surface area contributed by atoms with Crippen molar-refractivity contribution in [1.82, 2.24) is 5.32 Å². The summed E-state index contributed by atoms with van der Waals surface area (Å²) in [4.78, 5) is 37.0. The molecule has 24 heavy (non-hydrogen) atoms. The van der Waals surface area contributed by atoms with Crippen LogP contribution in [0.4, 0.5) is 0 Å². The molecule has 132 valence electrons. The molecule has 1 heterocycles. The van der Waals surface area contributed by atoms with E-state index in [1.54, 1.807) is 0 Å². The molecule has 9 nitrogen and oxygen atoms in total. The van der Waals surface area contributed by atoms with E-state index in [9.17, 15) is 18.6 Å². The maximum absolute atomic E-state index is 11.1. The second-order valence-corrected chi connectivity index (χ2v) is 6.62. The van der Waals surface area contributed by atoms with Crippen molar-refractivity contribution in [3.63, 3.8) is 0 Å². The molecule has 1 aliphatic rings. The Hall–Kier alpha value is -2.49. The first-order chi connectivity index (χ1) is 11.2. The van der Waals surface area contributed by atoms with Gasteiger partial charge in [-0.25, -0.2) is 14.4 Å². The molecule has 10 heteroatoms. The number of hydrogen-bond donors (Lipinski definition) is 4. The van der Waals surface area contributed by atoms with Gasteiger partial charge in [-0.15, -0.1) is 0 Å². The Kier molecular flexibility index (Phi) is 7.31. The Morgan fingerprint density at radius 2 is 2.08 bits per heavy atom. The summed E-state index contributed by atoms with van der Waals surface area (Å²) in [7, 11) is -1.13. The standard InChI is InChI=1S/C14H18N2O7S/c1-24(23)5-3-9(12(17)18)15-4-2-8-6-10(13(19)20)16-11(7-8)14(21)22/h2,4,6,9,11,16H,3,5,7H2,1H3,(H,17,18)(H,19,20)(H,21,22). The molecule has 0 saturated heterocycles. The lowest BCUT2D eigenvalue weighted by Gasteiger charge is -2.21. The van der Waals surface area contributed by atoms with Gasteiger partial charge in [0.2, 0.25) is 0 Å². The molecule has 0 aliphatic carbocycles. The number of carboxylic acids is 3. The van der Waals surface area contributed by atoms with Crippen LogP contribution in [0.2, 0.25) is 0 Å². The first-order valence-corrected chi connectivity index (χ1v) is 8.63. The molecule has 0 radical (unpaired) electrons. The van der Waals surface area contributed by atoms with Crippen molar-refractivity contribution in [1.29, 1.82) is 0 Å². The number of carboxylic acid groups (broad SMARTS) is 3. The molecule has 1 aliphatic heterocycles. The number of aliphatic imine (C=N–C) groups is 1. The minimum absolute atomic E-state index is 0.0366. The van der Waals surface area contributed by atoms with Gasteiger partial charge in [-0.1, -0.05) is 0 Å². The zero-order chi connectivity index (χ0) is 18.3. The zero-order valence-corrected chi connectivity index (χ0v) is 13.7. The van der Waals surface area contributed by atoms with E-state index in [-0.39, 0.29) is 24.3 Å². The predicted octanol–water partition coefficient (Wildman–Crippen LogP) is -0.380. The molecule has 3 unspecified atom stereocenters. The van der Waals surface area contributed by atoms with Crippen LogP contribution in [0.3, 0.4) is 0 Å². The fourth-order valence-corrected chi connectivity index (χ4v) is 2.49. The topological polar surface area (TPSA) is 153 Å². The fraction of sp³-hybridized carbons (Fsp3) is 0.429. The number of carbonyl (C=O) groups is 3. The summed E-state index contributed by atoms with van der Waals surface area (Å²) in [6.45, 7) is 0. The summed E-state index contributed by atoms with van der Waals surface area (Å²) in [6, 6.07) is -2.15. The number of hydrogen-bond acceptors (Lipinski definition) is 6. The second kappa shape index (κ2) is 8.96. The second-order valence-electron chi connectivity index (χ2n) is 5.06. The number of allylic oxidation sites excluding steroid dienone is 2. The van der Waals surface area contributed by atoms with Gasteiger partial charge in [0.1, 0.15) is 17.8 Å². The minimum Gasteiger partial charge on any atom is -0.480 e. The Morgan fingerprint density at radius 1 is 1.42 bits per heavy atom. The highest BCUT2D eigenvalue weighted by atomic mass is 32.2. The third-order valence-corrected chi connectivity index (χ3v) is 3.96. The van der Waals surface area contributed by atoms with E-state index in [2.05, 4.69) is 10.3 Å². The van der Waals surface area contributed by atoms with Gasteiger partial charge in [0.25, 0.3) is 0 Å². The van der Waals surface area contributed by atoms with Gasteiger partial charge in [-0.3, -0.25) is 9.20 Å². The molecule has 0 saturated carbocycles. The van der Waals surface area contributed by atoms with Crippen LogP contribution in [0.1, 0.15) is 12.8 Å². The van der Waals surface area contributed by atoms with Crippen LogP contribution < -0.4 is 5.32 Å². The van der Waals surface area contributed by atoms with Crippen LogP contribution in [0.5, 0.6) is 0 Å². The SMILES string of the molecule is CS(=O)CCC(N=CC=C1C=C(C(=O)O)NC(C(=O)O)C1)C(=O)O. The molecular formula is C14H18N2O7S. The number of rotatable bonds is 8. The molecule has 0 bridgehead atoms. The molecule has 4 N–H and O–H groups in total. The van der Waals surface area contributed by atoms with E-state index in [4.69, 9.17) is 15.3 Å². The Bertz CT molecular complexity index is 639. The van der Waals surface area contributed by atoms with Crippen LogP contribution >= 0.6 is 0 Å². The normalized spacial score (nSPS) is 21.8. The van der Waals surface area contributed by atoms with E-state index in [1.165, 1.54) is 24.6 Å². The number of aliphatic carboxylic acids is 3. The maximum atomic E-state index is 11.1. The van der Waals surface area contributed by atoms with Gasteiger partial charge < -0.3 is 20.6 Å². The Balaban J connectivity index is 2.90. The smallest absolute Gasteiger partial charge is 0.351 e. The molecular weight excluding hydrogens is 340 g/mol. The lowest BCUT2D eigenvalue weighted by Crippen LogP contribution is -2.41. The first kappa shape index (κ1) is 19.6. The summed E-state index contributed by atoms with van der Waals surface area (Å²) in [5.74, 6) is -3.46. The average molecular weight is 358 g/mol. The molecule has 0 aromatic rings. The minimum atomic E-state index is -1.29. The number of nitrogens with zero attached hydrogens (tertiary/aromatic N) is 1. The molecule has 0 spiro atoms. The van der Waals surface area contributed by atoms with Crippen molar-refractivity contribution in [3.05, 3.63) is 23.4 Å². The molecule has 0 aromatic heterocycles. The van der Waals surface area contributed by atoms with Crippen molar-refractivity contribution >= 4 is 34.9 Å². The van der Waals surface area contributed by atoms with Gasteiger partial charge in [0.15, 0.2) is 0 Å². The van der Waals surface area contributed by atoms with Gasteiger partial charge in [0.05, 0.1) is 0 Å². The van der Waals surface area contributed by atoms with Gasteiger partial charge in [0, 0.05) is 35.4 Å². The number of nitrogens with one attached hydrogen (secondary N) is 1. The predicted molar refractivity (Wildman–Crippen MR) is 86.4 cm³/mol. The molecule has 0 amide bonds. The van der Waals surface area contributed by atoms with Crippen molar-refractivity contribution in [2.45, 2.75) is 24.9 Å². The van der Waals surface area contributed by atoms with E-state index in [1.807, 2.05) is 0 Å².